The van der Waals surface area contributed by atoms with Crippen molar-refractivity contribution in [2.75, 3.05) is 42.9 Å². The van der Waals surface area contributed by atoms with Crippen molar-refractivity contribution in [2.45, 2.75) is 32.6 Å². The van der Waals surface area contributed by atoms with E-state index in [0.29, 0.717) is 5.56 Å². The van der Waals surface area contributed by atoms with E-state index < -0.39 is 0 Å². The minimum absolute atomic E-state index is 0.197. The van der Waals surface area contributed by atoms with E-state index >= 15 is 0 Å². The Morgan fingerprint density at radius 1 is 1.11 bits per heavy atom. The molecule has 0 saturated carbocycles. The molecule has 6 heteroatoms. The molecule has 1 saturated heterocycles. The highest BCUT2D eigenvalue weighted by atomic mass is 16.2. The van der Waals surface area contributed by atoms with E-state index in [1.54, 1.807) is 0 Å². The Morgan fingerprint density at radius 2 is 1.89 bits per heavy atom. The molecule has 2 aromatic rings. The molecule has 1 aromatic heterocycles. The molecule has 1 aliphatic carbocycles. The molecule has 1 aromatic carbocycles. The second kappa shape index (κ2) is 8.19. The van der Waals surface area contributed by atoms with Crippen LogP contribution in [-0.4, -0.2) is 48.5 Å². The van der Waals surface area contributed by atoms with Gasteiger partial charge in [0.15, 0.2) is 0 Å². The average molecular weight is 380 g/mol. The van der Waals surface area contributed by atoms with E-state index in [9.17, 15) is 9.59 Å². The maximum atomic E-state index is 12.9. The van der Waals surface area contributed by atoms with E-state index in [2.05, 4.69) is 33.1 Å². The number of amides is 1. The number of carbonyl (C=O) groups excluding carboxylic acids is 1. The molecule has 1 fully saturated rings. The summed E-state index contributed by atoms with van der Waals surface area (Å²) >= 11 is 0. The van der Waals surface area contributed by atoms with E-state index in [1.807, 2.05) is 18.2 Å². The lowest BCUT2D eigenvalue weighted by Gasteiger charge is -2.35. The molecule has 0 radical (unpaired) electrons. The van der Waals surface area contributed by atoms with Crippen LogP contribution in [0.2, 0.25) is 0 Å². The average Bonchev–Trinajstić information content (AvgIpc) is 2.73. The highest BCUT2D eigenvalue weighted by molar-refractivity contribution is 6.05. The third-order valence-corrected chi connectivity index (χ3v) is 5.88. The van der Waals surface area contributed by atoms with Gasteiger partial charge >= 0.3 is 0 Å². The number of rotatable bonds is 4. The Morgan fingerprint density at radius 3 is 2.68 bits per heavy atom. The Balaban J connectivity index is 1.52. The highest BCUT2D eigenvalue weighted by Crippen LogP contribution is 2.24. The zero-order valence-corrected chi connectivity index (χ0v) is 16.5. The zero-order valence-electron chi connectivity index (χ0n) is 16.5. The number of hydrogen-bond donors (Lipinski definition) is 2. The zero-order chi connectivity index (χ0) is 19.5. The predicted octanol–water partition coefficient (Wildman–Crippen LogP) is 2.65. The topological polar surface area (TPSA) is 68.4 Å². The van der Waals surface area contributed by atoms with Crippen molar-refractivity contribution in [2.24, 2.45) is 0 Å². The molecule has 28 heavy (non-hydrogen) atoms. The first-order valence-electron chi connectivity index (χ1n) is 10.3. The van der Waals surface area contributed by atoms with Crippen molar-refractivity contribution in [3.05, 3.63) is 57.5 Å². The van der Waals surface area contributed by atoms with Crippen LogP contribution < -0.4 is 15.8 Å². The van der Waals surface area contributed by atoms with Crippen molar-refractivity contribution < 1.29 is 4.79 Å². The summed E-state index contributed by atoms with van der Waals surface area (Å²) in [6.07, 6.45) is 3.79. The Labute approximate surface area is 165 Å². The van der Waals surface area contributed by atoms with Crippen LogP contribution >= 0.6 is 0 Å². The molecule has 1 aliphatic heterocycles. The van der Waals surface area contributed by atoms with Gasteiger partial charge in [-0.1, -0.05) is 13.0 Å². The van der Waals surface area contributed by atoms with Crippen molar-refractivity contribution in [1.29, 1.82) is 0 Å². The summed E-state index contributed by atoms with van der Waals surface area (Å²) in [5, 5.41) is 3.01. The summed E-state index contributed by atoms with van der Waals surface area (Å²) in [4.78, 5) is 32.6. The lowest BCUT2D eigenvalue weighted by Crippen LogP contribution is -2.46. The molecule has 0 bridgehead atoms. The van der Waals surface area contributed by atoms with Gasteiger partial charge in [0.2, 0.25) is 5.56 Å². The molecule has 4 rings (SSSR count). The van der Waals surface area contributed by atoms with Crippen molar-refractivity contribution in [3.63, 3.8) is 0 Å². The van der Waals surface area contributed by atoms with E-state index in [1.165, 1.54) is 6.07 Å². The number of aryl methyl sites for hydroxylation is 1. The molecule has 0 spiro atoms. The van der Waals surface area contributed by atoms with Gasteiger partial charge in [-0.05, 0) is 56.0 Å². The molecule has 0 unspecified atom stereocenters. The van der Waals surface area contributed by atoms with Crippen LogP contribution in [0.5, 0.6) is 0 Å². The predicted molar refractivity (Wildman–Crippen MR) is 112 cm³/mol. The van der Waals surface area contributed by atoms with Crippen LogP contribution in [0.1, 0.15) is 41.4 Å². The number of aromatic nitrogens is 1. The molecule has 0 atom stereocenters. The molecule has 6 nitrogen and oxygen atoms in total. The van der Waals surface area contributed by atoms with Gasteiger partial charge in [0.25, 0.3) is 5.91 Å². The molecular weight excluding hydrogens is 352 g/mol. The second-order valence-electron chi connectivity index (χ2n) is 7.64. The van der Waals surface area contributed by atoms with Crippen molar-refractivity contribution in [1.82, 2.24) is 9.88 Å². The first-order valence-corrected chi connectivity index (χ1v) is 10.3. The molecular formula is C22H28N4O2. The maximum absolute atomic E-state index is 12.9. The Kier molecular flexibility index (Phi) is 5.48. The number of nitrogens with one attached hydrogen (secondary N) is 2. The first kappa shape index (κ1) is 18.7. The van der Waals surface area contributed by atoms with Gasteiger partial charge in [0.1, 0.15) is 0 Å². The summed E-state index contributed by atoms with van der Waals surface area (Å²) in [5.74, 6) is -0.197. The number of nitrogens with zero attached hydrogens (tertiary/aromatic N) is 2. The summed E-state index contributed by atoms with van der Waals surface area (Å²) in [7, 11) is 0. The van der Waals surface area contributed by atoms with E-state index in [-0.39, 0.29) is 11.5 Å². The van der Waals surface area contributed by atoms with Crippen molar-refractivity contribution in [3.8, 4) is 0 Å². The van der Waals surface area contributed by atoms with E-state index in [4.69, 9.17) is 0 Å². The van der Waals surface area contributed by atoms with Gasteiger partial charge in [-0.2, -0.15) is 0 Å². The highest BCUT2D eigenvalue weighted by Gasteiger charge is 2.20. The van der Waals surface area contributed by atoms with Crippen LogP contribution in [0.4, 0.5) is 11.4 Å². The first-order chi connectivity index (χ1) is 13.6. The molecule has 148 valence electrons. The van der Waals surface area contributed by atoms with Crippen LogP contribution in [0, 0.1) is 0 Å². The maximum Gasteiger partial charge on any atom is 0.256 e. The normalized spacial score (nSPS) is 17.2. The quantitative estimate of drug-likeness (QED) is 0.856. The van der Waals surface area contributed by atoms with Gasteiger partial charge < -0.3 is 20.1 Å². The number of piperazine rings is 1. The smallest absolute Gasteiger partial charge is 0.256 e. The fourth-order valence-corrected chi connectivity index (χ4v) is 4.25. The van der Waals surface area contributed by atoms with Crippen LogP contribution in [-0.2, 0) is 12.8 Å². The lowest BCUT2D eigenvalue weighted by molar-refractivity contribution is 0.102. The number of benzene rings is 1. The third kappa shape index (κ3) is 3.97. The van der Waals surface area contributed by atoms with Crippen LogP contribution in [0.15, 0.2) is 35.1 Å². The Bertz CT molecular complexity index is 913. The van der Waals surface area contributed by atoms with Gasteiger partial charge in [-0.15, -0.1) is 0 Å². The fourth-order valence-electron chi connectivity index (χ4n) is 4.25. The standard InChI is InChI=1S/C22H28N4O2/c1-2-25-10-12-26(13-11-25)17-7-5-6-16(14-17)23-22(28)19-15-21(27)24-20-9-4-3-8-18(19)20/h5-7,14-15H,2-4,8-13H2,1H3,(H,23,28)(H,24,27). The number of pyridine rings is 1. The summed E-state index contributed by atoms with van der Waals surface area (Å²) in [6.45, 7) is 7.39. The summed E-state index contributed by atoms with van der Waals surface area (Å²) in [6, 6.07) is 9.44. The summed E-state index contributed by atoms with van der Waals surface area (Å²) < 4.78 is 0. The number of H-pyrrole nitrogens is 1. The van der Waals surface area contributed by atoms with E-state index in [0.717, 1.165) is 81.0 Å². The Hall–Kier alpha value is -2.60. The van der Waals surface area contributed by atoms with Gasteiger partial charge in [-0.25, -0.2) is 0 Å². The largest absolute Gasteiger partial charge is 0.369 e. The molecule has 1 amide bonds. The monoisotopic (exact) mass is 380 g/mol. The van der Waals surface area contributed by atoms with Crippen LogP contribution in [0.3, 0.4) is 0 Å². The van der Waals surface area contributed by atoms with Gasteiger partial charge in [0, 0.05) is 49.3 Å². The van der Waals surface area contributed by atoms with Gasteiger partial charge in [0.05, 0.1) is 5.56 Å². The molecule has 2 aliphatic rings. The van der Waals surface area contributed by atoms with Gasteiger partial charge in [-0.3, -0.25) is 9.59 Å². The molecule has 2 heterocycles. The SMILES string of the molecule is CCN1CCN(c2cccc(NC(=O)c3cc(=O)[nH]c4c3CCCC4)c2)CC1. The number of hydrogen-bond acceptors (Lipinski definition) is 4. The number of likely N-dealkylation sites (N-methyl/N-ethyl adjacent to an activating group) is 1. The number of aromatic amines is 1. The minimum Gasteiger partial charge on any atom is -0.369 e. The number of carbonyl (C=O) groups is 1. The fraction of sp³-hybridized carbons (Fsp3) is 0.455. The second-order valence-corrected chi connectivity index (χ2v) is 7.64. The number of anilines is 2. The summed E-state index contributed by atoms with van der Waals surface area (Å²) in [5.41, 5.74) is 4.13. The van der Waals surface area contributed by atoms with Crippen molar-refractivity contribution >= 4 is 17.3 Å². The lowest BCUT2D eigenvalue weighted by atomic mass is 9.92. The minimum atomic E-state index is -0.201. The number of fused-ring (bicyclic) bond motifs is 1. The molecule has 2 N–H and O–H groups in total. The van der Waals surface area contributed by atoms with Crippen LogP contribution in [0.25, 0.3) is 0 Å². The third-order valence-electron chi connectivity index (χ3n) is 5.88.